The largest absolute Gasteiger partial charge is 0.479 e. The van der Waals surface area contributed by atoms with E-state index in [2.05, 4.69) is 15.5 Å². The van der Waals surface area contributed by atoms with Gasteiger partial charge in [0.15, 0.2) is 11.9 Å². The van der Waals surface area contributed by atoms with Crippen LogP contribution in [-0.2, 0) is 11.3 Å². The second kappa shape index (κ2) is 6.26. The first-order chi connectivity index (χ1) is 10.7. The molecule has 0 unspecified atom stereocenters. The third kappa shape index (κ3) is 3.22. The second-order valence-corrected chi connectivity index (χ2v) is 4.82. The van der Waals surface area contributed by atoms with Crippen LogP contribution in [0.4, 0.5) is 0 Å². The SMILES string of the molecule is C[C@H](Oc1cnc2ccccc2c1)C(=O)NCc1ccno1. The number of carbonyl (C=O) groups excluding carboxylic acids is 1. The lowest BCUT2D eigenvalue weighted by molar-refractivity contribution is -0.127. The maximum Gasteiger partial charge on any atom is 0.261 e. The minimum atomic E-state index is -0.633. The average Bonchev–Trinajstić information content (AvgIpc) is 3.06. The van der Waals surface area contributed by atoms with E-state index < -0.39 is 6.10 Å². The van der Waals surface area contributed by atoms with Gasteiger partial charge in [-0.1, -0.05) is 23.4 Å². The molecule has 1 N–H and O–H groups in total. The molecule has 0 radical (unpaired) electrons. The van der Waals surface area contributed by atoms with Gasteiger partial charge >= 0.3 is 0 Å². The summed E-state index contributed by atoms with van der Waals surface area (Å²) in [6.07, 6.45) is 2.51. The molecule has 3 aromatic rings. The van der Waals surface area contributed by atoms with E-state index in [1.54, 1.807) is 19.2 Å². The Balaban J connectivity index is 1.61. The molecule has 6 nitrogen and oxygen atoms in total. The van der Waals surface area contributed by atoms with Crippen LogP contribution in [0.1, 0.15) is 12.7 Å². The van der Waals surface area contributed by atoms with Gasteiger partial charge in [-0.25, -0.2) is 0 Å². The number of aromatic nitrogens is 2. The van der Waals surface area contributed by atoms with Gasteiger partial charge in [-0.3, -0.25) is 9.78 Å². The summed E-state index contributed by atoms with van der Waals surface area (Å²) in [5, 5.41) is 7.27. The van der Waals surface area contributed by atoms with Crippen molar-refractivity contribution in [3.63, 3.8) is 0 Å². The summed E-state index contributed by atoms with van der Waals surface area (Å²) in [7, 11) is 0. The topological polar surface area (TPSA) is 77.2 Å². The van der Waals surface area contributed by atoms with E-state index in [-0.39, 0.29) is 12.5 Å². The van der Waals surface area contributed by atoms with Crippen LogP contribution >= 0.6 is 0 Å². The van der Waals surface area contributed by atoms with Crippen LogP contribution in [0.15, 0.2) is 53.3 Å². The van der Waals surface area contributed by atoms with Crippen LogP contribution in [0.25, 0.3) is 10.9 Å². The second-order valence-electron chi connectivity index (χ2n) is 4.82. The van der Waals surface area contributed by atoms with Crippen molar-refractivity contribution in [2.24, 2.45) is 0 Å². The van der Waals surface area contributed by atoms with Crippen molar-refractivity contribution in [2.45, 2.75) is 19.6 Å². The predicted octanol–water partition coefficient (Wildman–Crippen LogP) is 2.31. The minimum absolute atomic E-state index is 0.232. The molecule has 0 fully saturated rings. The number of hydrogen-bond acceptors (Lipinski definition) is 5. The summed E-state index contributed by atoms with van der Waals surface area (Å²) < 4.78 is 10.5. The van der Waals surface area contributed by atoms with Crippen molar-refractivity contribution in [1.82, 2.24) is 15.5 Å². The van der Waals surface area contributed by atoms with Gasteiger partial charge in [-0.15, -0.1) is 0 Å². The molecule has 1 amide bonds. The zero-order valence-corrected chi connectivity index (χ0v) is 12.0. The molecule has 0 saturated heterocycles. The maximum atomic E-state index is 12.0. The number of para-hydroxylation sites is 1. The lowest BCUT2D eigenvalue weighted by atomic mass is 10.2. The van der Waals surface area contributed by atoms with Crippen LogP contribution in [0.3, 0.4) is 0 Å². The van der Waals surface area contributed by atoms with E-state index in [4.69, 9.17) is 9.26 Å². The van der Waals surface area contributed by atoms with Crippen molar-refractivity contribution in [3.05, 3.63) is 54.6 Å². The molecule has 1 atom stereocenters. The molecule has 1 aromatic carbocycles. The summed E-state index contributed by atoms with van der Waals surface area (Å²) >= 11 is 0. The van der Waals surface area contributed by atoms with Gasteiger partial charge in [0.1, 0.15) is 5.75 Å². The molecule has 22 heavy (non-hydrogen) atoms. The monoisotopic (exact) mass is 297 g/mol. The maximum absolute atomic E-state index is 12.0. The van der Waals surface area contributed by atoms with E-state index in [0.29, 0.717) is 11.5 Å². The van der Waals surface area contributed by atoms with Gasteiger partial charge < -0.3 is 14.6 Å². The summed E-state index contributed by atoms with van der Waals surface area (Å²) in [6.45, 7) is 1.97. The number of nitrogens with zero attached hydrogens (tertiary/aromatic N) is 2. The molecule has 0 aliphatic heterocycles. The molecule has 0 bridgehead atoms. The average molecular weight is 297 g/mol. The Morgan fingerprint density at radius 1 is 1.36 bits per heavy atom. The van der Waals surface area contributed by atoms with E-state index in [0.717, 1.165) is 10.9 Å². The first-order valence-electron chi connectivity index (χ1n) is 6.91. The van der Waals surface area contributed by atoms with Crippen LogP contribution in [0.2, 0.25) is 0 Å². The number of pyridine rings is 1. The van der Waals surface area contributed by atoms with Gasteiger partial charge in [0.2, 0.25) is 0 Å². The van der Waals surface area contributed by atoms with Gasteiger partial charge in [0.25, 0.3) is 5.91 Å². The van der Waals surface area contributed by atoms with Crippen LogP contribution in [0, 0.1) is 0 Å². The molecule has 3 rings (SSSR count). The van der Waals surface area contributed by atoms with E-state index in [9.17, 15) is 4.79 Å². The summed E-state index contributed by atoms with van der Waals surface area (Å²) in [5.74, 6) is 0.915. The molecular formula is C16H15N3O3. The fourth-order valence-corrected chi connectivity index (χ4v) is 2.02. The van der Waals surface area contributed by atoms with Gasteiger partial charge in [0.05, 0.1) is 24.5 Å². The van der Waals surface area contributed by atoms with E-state index in [1.807, 2.05) is 30.3 Å². The fraction of sp³-hybridized carbons (Fsp3) is 0.188. The van der Waals surface area contributed by atoms with Gasteiger partial charge in [-0.2, -0.15) is 0 Å². The molecule has 6 heteroatoms. The van der Waals surface area contributed by atoms with Crippen LogP contribution in [0.5, 0.6) is 5.75 Å². The summed E-state index contributed by atoms with van der Waals surface area (Å²) in [5.41, 5.74) is 0.886. The highest BCUT2D eigenvalue weighted by atomic mass is 16.5. The molecule has 2 aromatic heterocycles. The third-order valence-electron chi connectivity index (χ3n) is 3.18. The number of carbonyl (C=O) groups is 1. The molecule has 0 aliphatic rings. The Morgan fingerprint density at radius 3 is 3.05 bits per heavy atom. The normalized spacial score (nSPS) is 12.0. The molecule has 2 heterocycles. The lowest BCUT2D eigenvalue weighted by Crippen LogP contribution is -2.35. The smallest absolute Gasteiger partial charge is 0.261 e. The fourth-order valence-electron chi connectivity index (χ4n) is 2.02. The Hall–Kier alpha value is -2.89. The van der Waals surface area contributed by atoms with Crippen LogP contribution < -0.4 is 10.1 Å². The lowest BCUT2D eigenvalue weighted by Gasteiger charge is -2.14. The van der Waals surface area contributed by atoms with Gasteiger partial charge in [-0.05, 0) is 19.1 Å². The van der Waals surface area contributed by atoms with E-state index >= 15 is 0 Å². The van der Waals surface area contributed by atoms with Gasteiger partial charge in [0, 0.05) is 11.5 Å². The van der Waals surface area contributed by atoms with Crippen molar-refractivity contribution in [3.8, 4) is 5.75 Å². The Kier molecular flexibility index (Phi) is 4.00. The third-order valence-corrected chi connectivity index (χ3v) is 3.18. The molecular weight excluding hydrogens is 282 g/mol. The number of rotatable bonds is 5. The van der Waals surface area contributed by atoms with Crippen molar-refractivity contribution in [2.75, 3.05) is 0 Å². The zero-order valence-electron chi connectivity index (χ0n) is 12.0. The number of amides is 1. The first kappa shape index (κ1) is 14.1. The Morgan fingerprint density at radius 2 is 2.23 bits per heavy atom. The zero-order chi connectivity index (χ0) is 15.4. The number of fused-ring (bicyclic) bond motifs is 1. The summed E-state index contributed by atoms with van der Waals surface area (Å²) in [4.78, 5) is 16.3. The summed E-state index contributed by atoms with van der Waals surface area (Å²) in [6, 6.07) is 11.3. The van der Waals surface area contributed by atoms with Crippen molar-refractivity contribution >= 4 is 16.8 Å². The van der Waals surface area contributed by atoms with Crippen LogP contribution in [-0.4, -0.2) is 22.2 Å². The molecule has 112 valence electrons. The molecule has 0 aliphatic carbocycles. The number of nitrogens with one attached hydrogen (secondary N) is 1. The molecule has 0 spiro atoms. The Labute approximate surface area is 127 Å². The van der Waals surface area contributed by atoms with Crippen molar-refractivity contribution < 1.29 is 14.1 Å². The number of hydrogen-bond donors (Lipinski definition) is 1. The van der Waals surface area contributed by atoms with Crippen molar-refractivity contribution in [1.29, 1.82) is 0 Å². The quantitative estimate of drug-likeness (QED) is 0.782. The number of benzene rings is 1. The predicted molar refractivity (Wildman–Crippen MR) is 80.2 cm³/mol. The highest BCUT2D eigenvalue weighted by molar-refractivity contribution is 5.81. The minimum Gasteiger partial charge on any atom is -0.479 e. The highest BCUT2D eigenvalue weighted by Crippen LogP contribution is 2.18. The highest BCUT2D eigenvalue weighted by Gasteiger charge is 2.15. The number of ether oxygens (including phenoxy) is 1. The standard InChI is InChI=1S/C16H15N3O3/c1-11(16(20)18-9-13-6-7-19-22-13)21-14-8-12-4-2-3-5-15(12)17-10-14/h2-8,10-11H,9H2,1H3,(H,18,20)/t11-/m0/s1. The van der Waals surface area contributed by atoms with E-state index in [1.165, 1.54) is 6.20 Å². The first-order valence-corrected chi connectivity index (χ1v) is 6.91. The molecule has 0 saturated carbocycles. The Bertz CT molecular complexity index is 771.